The number of amidine groups is 1. The molecule has 5 rings (SSSR count). The van der Waals surface area contributed by atoms with Gasteiger partial charge < -0.3 is 10.2 Å². The normalized spacial score (nSPS) is 16.2. The van der Waals surface area contributed by atoms with Crippen molar-refractivity contribution >= 4 is 39.0 Å². The van der Waals surface area contributed by atoms with Crippen LogP contribution < -0.4 is 10.2 Å². The monoisotopic (exact) mass is 668 g/mol. The summed E-state index contributed by atoms with van der Waals surface area (Å²) in [7, 11) is -5.51. The molecule has 0 spiro atoms. The van der Waals surface area contributed by atoms with Crippen LogP contribution in [0.3, 0.4) is 0 Å². The Bertz CT molecular complexity index is 1810. The second-order valence-corrected chi connectivity index (χ2v) is 12.6. The largest absolute Gasteiger partial charge is 0.420 e. The van der Waals surface area contributed by atoms with E-state index in [2.05, 4.69) is 20.3 Å². The van der Waals surface area contributed by atoms with Gasteiger partial charge in [-0.15, -0.1) is 0 Å². The molecular formula is C26H21ClF8N6O2S. The first-order chi connectivity index (χ1) is 20.4. The number of benzene rings is 1. The molecule has 2 aliphatic heterocycles. The highest BCUT2D eigenvalue weighted by Gasteiger charge is 2.49. The molecule has 18 heteroatoms. The molecule has 1 fully saturated rings. The van der Waals surface area contributed by atoms with Crippen LogP contribution in [0, 0.1) is 36.0 Å². The molecule has 0 saturated carbocycles. The fourth-order valence-corrected chi connectivity index (χ4v) is 6.86. The Morgan fingerprint density at radius 3 is 2.30 bits per heavy atom. The van der Waals surface area contributed by atoms with Crippen molar-refractivity contribution < 1.29 is 43.5 Å². The summed E-state index contributed by atoms with van der Waals surface area (Å²) in [6, 6.07) is 1.94. The van der Waals surface area contributed by atoms with E-state index in [1.54, 1.807) is 17.2 Å². The second-order valence-electron chi connectivity index (χ2n) is 10.3. The zero-order valence-electron chi connectivity index (χ0n) is 22.9. The van der Waals surface area contributed by atoms with Gasteiger partial charge in [-0.25, -0.2) is 40.3 Å². The van der Waals surface area contributed by atoms with Crippen molar-refractivity contribution in [3.05, 3.63) is 75.0 Å². The second kappa shape index (κ2) is 11.1. The number of aryl methyl sites for hydroxylation is 1. The molecule has 0 atom stereocenters. The first-order valence-corrected chi connectivity index (χ1v) is 14.6. The summed E-state index contributed by atoms with van der Waals surface area (Å²) in [5, 5.41) is 2.41. The predicted molar refractivity (Wildman–Crippen MR) is 143 cm³/mol. The summed E-state index contributed by atoms with van der Waals surface area (Å²) in [4.78, 5) is 12.4. The SMILES string of the molecule is Cc1ccnc(C(C)C)c1N1CN=C(NC2CN(S(=O)(=O)c3c(F)c(F)c(F)c(F)c3C(F)(F)F)C2)c2cc(F)c(Cl)nc21. The van der Waals surface area contributed by atoms with E-state index in [9.17, 15) is 43.5 Å². The topological polar surface area (TPSA) is 90.8 Å². The van der Waals surface area contributed by atoms with Crippen LogP contribution in [-0.4, -0.2) is 54.3 Å². The smallest absolute Gasteiger partial charge is 0.364 e. The molecule has 0 amide bonds. The third-order valence-corrected chi connectivity index (χ3v) is 9.20. The van der Waals surface area contributed by atoms with Crippen LogP contribution in [-0.2, 0) is 16.2 Å². The van der Waals surface area contributed by atoms with Crippen molar-refractivity contribution in [3.63, 3.8) is 0 Å². The molecule has 2 aromatic heterocycles. The Hall–Kier alpha value is -3.57. The maximum Gasteiger partial charge on any atom is 0.420 e. The predicted octanol–water partition coefficient (Wildman–Crippen LogP) is 5.79. The molecule has 4 heterocycles. The molecule has 236 valence electrons. The van der Waals surface area contributed by atoms with Crippen LogP contribution in [0.1, 0.15) is 42.1 Å². The van der Waals surface area contributed by atoms with E-state index in [1.807, 2.05) is 20.8 Å². The molecule has 3 aromatic rings. The molecule has 1 N–H and O–H groups in total. The summed E-state index contributed by atoms with van der Waals surface area (Å²) < 4.78 is 137. The lowest BCUT2D eigenvalue weighted by molar-refractivity contribution is -0.143. The molecule has 0 bridgehead atoms. The minimum absolute atomic E-state index is 0.0264. The van der Waals surface area contributed by atoms with Crippen molar-refractivity contribution in [2.24, 2.45) is 4.99 Å². The Morgan fingerprint density at radius 1 is 1.05 bits per heavy atom. The summed E-state index contributed by atoms with van der Waals surface area (Å²) in [6.45, 7) is 4.39. The molecule has 1 aromatic carbocycles. The van der Waals surface area contributed by atoms with Gasteiger partial charge in [0, 0.05) is 19.3 Å². The molecule has 8 nitrogen and oxygen atoms in total. The quantitative estimate of drug-likeness (QED) is 0.160. The molecular weight excluding hydrogens is 648 g/mol. The van der Waals surface area contributed by atoms with Crippen molar-refractivity contribution in [1.82, 2.24) is 19.6 Å². The third kappa shape index (κ3) is 5.23. The third-order valence-electron chi connectivity index (χ3n) is 7.06. The zero-order valence-corrected chi connectivity index (χ0v) is 24.4. The van der Waals surface area contributed by atoms with Crippen LogP contribution in [0.15, 0.2) is 28.2 Å². The highest BCUT2D eigenvalue weighted by Crippen LogP contribution is 2.42. The molecule has 2 aliphatic rings. The average Bonchev–Trinajstić information content (AvgIpc) is 2.91. The van der Waals surface area contributed by atoms with E-state index in [4.69, 9.17) is 11.6 Å². The van der Waals surface area contributed by atoms with E-state index in [0.717, 1.165) is 11.6 Å². The number of aliphatic imine (C=N–C) groups is 1. The lowest BCUT2D eigenvalue weighted by Crippen LogP contribution is -2.61. The number of hydrogen-bond donors (Lipinski definition) is 1. The van der Waals surface area contributed by atoms with Crippen molar-refractivity contribution in [2.45, 2.75) is 43.8 Å². The number of nitrogens with one attached hydrogen (secondary N) is 1. The van der Waals surface area contributed by atoms with Crippen molar-refractivity contribution in [1.29, 1.82) is 0 Å². The Kier molecular flexibility index (Phi) is 8.03. The molecule has 1 saturated heterocycles. The van der Waals surface area contributed by atoms with Gasteiger partial charge in [-0.3, -0.25) is 4.98 Å². The van der Waals surface area contributed by atoms with E-state index in [-0.39, 0.29) is 29.8 Å². The van der Waals surface area contributed by atoms with Gasteiger partial charge in [-0.1, -0.05) is 25.4 Å². The van der Waals surface area contributed by atoms with Crippen LogP contribution in [0.25, 0.3) is 0 Å². The maximum atomic E-state index is 14.6. The Labute approximate surface area is 250 Å². The number of halogens is 9. The highest BCUT2D eigenvalue weighted by molar-refractivity contribution is 7.89. The van der Waals surface area contributed by atoms with Crippen LogP contribution >= 0.6 is 11.6 Å². The van der Waals surface area contributed by atoms with Crippen LogP contribution in [0.2, 0.25) is 5.15 Å². The Balaban J connectivity index is 1.45. The summed E-state index contributed by atoms with van der Waals surface area (Å²) in [5.41, 5.74) is -0.512. The number of pyridine rings is 2. The van der Waals surface area contributed by atoms with Crippen molar-refractivity contribution in [2.75, 3.05) is 24.7 Å². The molecule has 0 unspecified atom stereocenters. The van der Waals surface area contributed by atoms with Crippen LogP contribution in [0.4, 0.5) is 46.6 Å². The van der Waals surface area contributed by atoms with E-state index in [0.29, 0.717) is 15.7 Å². The van der Waals surface area contributed by atoms with Crippen LogP contribution in [0.5, 0.6) is 0 Å². The van der Waals surface area contributed by atoms with E-state index >= 15 is 0 Å². The number of aromatic nitrogens is 2. The number of rotatable bonds is 5. The van der Waals surface area contributed by atoms with Gasteiger partial charge in [0.25, 0.3) is 0 Å². The maximum absolute atomic E-state index is 14.6. The fraction of sp³-hybridized carbons (Fsp3) is 0.346. The van der Waals surface area contributed by atoms with E-state index < -0.39 is 80.0 Å². The summed E-state index contributed by atoms with van der Waals surface area (Å²) >= 11 is 6.00. The van der Waals surface area contributed by atoms with Crippen molar-refractivity contribution in [3.8, 4) is 0 Å². The number of sulfonamides is 1. The van der Waals surface area contributed by atoms with Gasteiger partial charge in [-0.05, 0) is 30.5 Å². The minimum atomic E-state index is -5.88. The lowest BCUT2D eigenvalue weighted by atomic mass is 10.0. The first-order valence-electron chi connectivity index (χ1n) is 12.8. The molecule has 44 heavy (non-hydrogen) atoms. The minimum Gasteiger partial charge on any atom is -0.364 e. The average molecular weight is 669 g/mol. The number of fused-ring (bicyclic) bond motifs is 1. The zero-order chi connectivity index (χ0) is 32.5. The van der Waals surface area contributed by atoms with Gasteiger partial charge in [0.15, 0.2) is 34.2 Å². The van der Waals surface area contributed by atoms with Gasteiger partial charge >= 0.3 is 6.18 Å². The number of anilines is 2. The summed E-state index contributed by atoms with van der Waals surface area (Å²) in [6.07, 6.45) is -4.24. The number of hydrogen-bond acceptors (Lipinski definition) is 7. The number of alkyl halides is 3. The summed E-state index contributed by atoms with van der Waals surface area (Å²) in [5.74, 6) is -11.8. The molecule has 0 aliphatic carbocycles. The fourth-order valence-electron chi connectivity index (χ4n) is 4.93. The first kappa shape index (κ1) is 31.8. The lowest BCUT2D eigenvalue weighted by Gasteiger charge is -2.40. The van der Waals surface area contributed by atoms with Gasteiger partial charge in [0.1, 0.15) is 28.8 Å². The number of nitrogens with zero attached hydrogens (tertiary/aromatic N) is 5. The van der Waals surface area contributed by atoms with Gasteiger partial charge in [0.2, 0.25) is 10.0 Å². The molecule has 0 radical (unpaired) electrons. The highest BCUT2D eigenvalue weighted by atomic mass is 35.5. The van der Waals surface area contributed by atoms with Gasteiger partial charge in [-0.2, -0.15) is 17.5 Å². The van der Waals surface area contributed by atoms with E-state index in [1.165, 1.54) is 0 Å². The Morgan fingerprint density at radius 2 is 1.68 bits per heavy atom. The standard InChI is InChI=1S/C26H21ClF8N6O2S/c1-10(2)20-21(11(3)4-5-36-20)41-9-37-24(13-6-14(28)23(27)39-25(13)41)38-12-7-40(8-12)44(42,43)22-15(26(33,34)35)16(29)17(30)18(31)19(22)32/h4-6,10,12H,7-9H2,1-3H3,(H,37,38). The van der Waals surface area contributed by atoms with Gasteiger partial charge in [0.05, 0.1) is 23.0 Å².